The number of hydrogen-bond donors (Lipinski definition) is 1. The van der Waals surface area contributed by atoms with Crippen molar-refractivity contribution < 1.29 is 23.1 Å². The van der Waals surface area contributed by atoms with Crippen LogP contribution < -0.4 is 5.32 Å². The van der Waals surface area contributed by atoms with Gasteiger partial charge < -0.3 is 10.1 Å². The molecule has 0 atom stereocenters. The number of anilines is 1. The van der Waals surface area contributed by atoms with Gasteiger partial charge in [0.15, 0.2) is 6.61 Å². The van der Waals surface area contributed by atoms with Gasteiger partial charge in [-0.05, 0) is 19.1 Å². The molecule has 0 radical (unpaired) electrons. The maximum absolute atomic E-state index is 12.5. The van der Waals surface area contributed by atoms with Crippen LogP contribution in [0.2, 0.25) is 0 Å². The van der Waals surface area contributed by atoms with Gasteiger partial charge in [-0.25, -0.2) is 4.98 Å². The number of halogens is 2. The van der Waals surface area contributed by atoms with Crippen LogP contribution in [0.4, 0.5) is 14.5 Å². The summed E-state index contributed by atoms with van der Waals surface area (Å²) in [6.07, 6.45) is -0.0184. The van der Waals surface area contributed by atoms with E-state index in [1.807, 2.05) is 6.92 Å². The third-order valence-corrected chi connectivity index (χ3v) is 4.34. The number of para-hydroxylation sites is 1. The van der Waals surface area contributed by atoms with Crippen molar-refractivity contribution in [3.8, 4) is 0 Å². The number of aromatic nitrogens is 1. The molecule has 2 rings (SSSR count). The highest BCUT2D eigenvalue weighted by molar-refractivity contribution is 7.99. The van der Waals surface area contributed by atoms with Gasteiger partial charge in [0.2, 0.25) is 0 Å². The summed E-state index contributed by atoms with van der Waals surface area (Å²) in [5.74, 6) is -3.77. The Hall–Kier alpha value is -2.00. The topological polar surface area (TPSA) is 68.3 Å². The van der Waals surface area contributed by atoms with Gasteiger partial charge in [-0.15, -0.1) is 11.3 Å². The number of esters is 1. The van der Waals surface area contributed by atoms with E-state index in [9.17, 15) is 18.4 Å². The SMILES string of the molecule is Cc1nc(CC(=O)OCC(=O)Nc2ccccc2SC(F)F)cs1. The molecule has 24 heavy (non-hydrogen) atoms. The molecule has 128 valence electrons. The van der Waals surface area contributed by atoms with Crippen LogP contribution in [0, 0.1) is 6.92 Å². The summed E-state index contributed by atoms with van der Waals surface area (Å²) in [6.45, 7) is 1.33. The van der Waals surface area contributed by atoms with E-state index in [-0.39, 0.29) is 17.0 Å². The highest BCUT2D eigenvalue weighted by atomic mass is 32.2. The molecule has 1 aromatic carbocycles. The van der Waals surface area contributed by atoms with E-state index in [2.05, 4.69) is 10.3 Å². The molecule has 0 aliphatic carbocycles. The van der Waals surface area contributed by atoms with Crippen LogP contribution in [0.15, 0.2) is 34.5 Å². The number of nitrogens with one attached hydrogen (secondary N) is 1. The number of thioether (sulfide) groups is 1. The number of nitrogens with zero attached hydrogens (tertiary/aromatic N) is 1. The first-order chi connectivity index (χ1) is 11.4. The second kappa shape index (κ2) is 8.74. The monoisotopic (exact) mass is 372 g/mol. The summed E-state index contributed by atoms with van der Waals surface area (Å²) in [6, 6.07) is 6.18. The molecular weight excluding hydrogens is 358 g/mol. The van der Waals surface area contributed by atoms with E-state index in [0.717, 1.165) is 5.01 Å². The molecule has 9 heteroatoms. The molecule has 1 aromatic heterocycles. The Morgan fingerprint density at radius 1 is 1.38 bits per heavy atom. The second-order valence-electron chi connectivity index (χ2n) is 4.62. The predicted octanol–water partition coefficient (Wildman–Crippen LogP) is 3.49. The van der Waals surface area contributed by atoms with Crippen molar-refractivity contribution in [2.24, 2.45) is 0 Å². The van der Waals surface area contributed by atoms with Gasteiger partial charge in [0.05, 0.1) is 22.8 Å². The van der Waals surface area contributed by atoms with Crippen molar-refractivity contribution in [3.63, 3.8) is 0 Å². The van der Waals surface area contributed by atoms with Gasteiger partial charge >= 0.3 is 5.97 Å². The third kappa shape index (κ3) is 5.89. The lowest BCUT2D eigenvalue weighted by molar-refractivity contribution is -0.146. The van der Waals surface area contributed by atoms with E-state index in [1.54, 1.807) is 17.5 Å². The maximum Gasteiger partial charge on any atom is 0.312 e. The van der Waals surface area contributed by atoms with E-state index < -0.39 is 24.2 Å². The Bertz CT molecular complexity index is 722. The van der Waals surface area contributed by atoms with E-state index >= 15 is 0 Å². The number of rotatable bonds is 7. The Morgan fingerprint density at radius 2 is 2.12 bits per heavy atom. The third-order valence-electron chi connectivity index (χ3n) is 2.73. The average molecular weight is 372 g/mol. The molecule has 0 aliphatic heterocycles. The van der Waals surface area contributed by atoms with Gasteiger partial charge in [0.1, 0.15) is 0 Å². The Labute approximate surface area is 145 Å². The minimum atomic E-state index is -2.59. The van der Waals surface area contributed by atoms with Gasteiger partial charge in [-0.3, -0.25) is 9.59 Å². The number of ether oxygens (including phenoxy) is 1. The number of amides is 1. The summed E-state index contributed by atoms with van der Waals surface area (Å²) in [7, 11) is 0. The van der Waals surface area contributed by atoms with Crippen LogP contribution in [0.25, 0.3) is 0 Å². The number of thiazole rings is 1. The summed E-state index contributed by atoms with van der Waals surface area (Å²) >= 11 is 1.75. The van der Waals surface area contributed by atoms with Crippen molar-refractivity contribution in [1.29, 1.82) is 0 Å². The van der Waals surface area contributed by atoms with Gasteiger partial charge in [-0.2, -0.15) is 8.78 Å². The van der Waals surface area contributed by atoms with Crippen molar-refractivity contribution in [1.82, 2.24) is 4.98 Å². The zero-order valence-corrected chi connectivity index (χ0v) is 14.3. The van der Waals surface area contributed by atoms with E-state index in [1.165, 1.54) is 23.5 Å². The quantitative estimate of drug-likeness (QED) is 0.595. The number of aryl methyl sites for hydroxylation is 1. The van der Waals surface area contributed by atoms with Gasteiger partial charge in [0.25, 0.3) is 11.7 Å². The highest BCUT2D eigenvalue weighted by Crippen LogP contribution is 2.31. The van der Waals surface area contributed by atoms with E-state index in [4.69, 9.17) is 4.74 Å². The fourth-order valence-corrected chi connectivity index (χ4v) is 3.00. The first-order valence-corrected chi connectivity index (χ1v) is 8.60. The summed E-state index contributed by atoms with van der Waals surface area (Å²) < 4.78 is 29.8. The summed E-state index contributed by atoms with van der Waals surface area (Å²) in [4.78, 5) is 27.8. The maximum atomic E-state index is 12.5. The molecule has 2 aromatic rings. The number of carbonyl (C=O) groups excluding carboxylic acids is 2. The Balaban J connectivity index is 1.84. The van der Waals surface area contributed by atoms with Crippen molar-refractivity contribution in [3.05, 3.63) is 40.3 Å². The Morgan fingerprint density at radius 3 is 2.79 bits per heavy atom. The minimum absolute atomic E-state index is 0.0184. The summed E-state index contributed by atoms with van der Waals surface area (Å²) in [5.41, 5.74) is 0.834. The smallest absolute Gasteiger partial charge is 0.312 e. The van der Waals surface area contributed by atoms with Crippen molar-refractivity contribution >= 4 is 40.7 Å². The van der Waals surface area contributed by atoms with Crippen molar-refractivity contribution in [2.75, 3.05) is 11.9 Å². The normalized spacial score (nSPS) is 10.7. The van der Waals surface area contributed by atoms with Crippen LogP contribution in [0.3, 0.4) is 0 Å². The zero-order valence-electron chi connectivity index (χ0n) is 12.6. The molecule has 0 saturated carbocycles. The number of carbonyl (C=O) groups is 2. The lowest BCUT2D eigenvalue weighted by Gasteiger charge is -2.10. The lowest BCUT2D eigenvalue weighted by atomic mass is 10.3. The van der Waals surface area contributed by atoms with Crippen LogP contribution in [-0.2, 0) is 20.7 Å². The Kier molecular flexibility index (Phi) is 6.68. The van der Waals surface area contributed by atoms with Gasteiger partial charge in [-0.1, -0.05) is 23.9 Å². The summed E-state index contributed by atoms with van der Waals surface area (Å²) in [5, 5.41) is 5.04. The van der Waals surface area contributed by atoms with E-state index in [0.29, 0.717) is 17.5 Å². The molecule has 0 bridgehead atoms. The molecule has 0 saturated heterocycles. The second-order valence-corrected chi connectivity index (χ2v) is 6.71. The number of alkyl halides is 2. The molecule has 0 fully saturated rings. The van der Waals surface area contributed by atoms with Crippen LogP contribution >= 0.6 is 23.1 Å². The first-order valence-electron chi connectivity index (χ1n) is 6.84. The minimum Gasteiger partial charge on any atom is -0.455 e. The molecule has 0 aliphatic rings. The fraction of sp³-hybridized carbons (Fsp3) is 0.267. The molecule has 1 heterocycles. The number of benzene rings is 1. The predicted molar refractivity (Wildman–Crippen MR) is 88.4 cm³/mol. The lowest BCUT2D eigenvalue weighted by Crippen LogP contribution is -2.22. The molecular formula is C15H14F2N2O3S2. The van der Waals surface area contributed by atoms with Crippen molar-refractivity contribution in [2.45, 2.75) is 24.0 Å². The molecule has 0 unspecified atom stereocenters. The molecule has 1 amide bonds. The zero-order chi connectivity index (χ0) is 17.5. The average Bonchev–Trinajstić information content (AvgIpc) is 2.92. The van der Waals surface area contributed by atoms with Crippen LogP contribution in [-0.4, -0.2) is 29.2 Å². The number of hydrogen-bond acceptors (Lipinski definition) is 6. The van der Waals surface area contributed by atoms with Gasteiger partial charge in [0, 0.05) is 10.3 Å². The fourth-order valence-electron chi connectivity index (χ4n) is 1.79. The first kappa shape index (κ1) is 18.3. The molecule has 0 spiro atoms. The largest absolute Gasteiger partial charge is 0.455 e. The standard InChI is InChI=1S/C15H14F2N2O3S2/c1-9-18-10(8-23-9)6-14(21)22-7-13(20)19-11-4-2-3-5-12(11)24-15(16)17/h2-5,8,15H,6-7H2,1H3,(H,19,20). The molecule has 5 nitrogen and oxygen atoms in total. The van der Waals surface area contributed by atoms with Crippen LogP contribution in [0.1, 0.15) is 10.7 Å². The highest BCUT2D eigenvalue weighted by Gasteiger charge is 2.14. The van der Waals surface area contributed by atoms with Crippen LogP contribution in [0.5, 0.6) is 0 Å². The molecule has 1 N–H and O–H groups in total.